The highest BCUT2D eigenvalue weighted by Crippen LogP contribution is 2.22. The molecule has 18 heavy (non-hydrogen) atoms. The second kappa shape index (κ2) is 4.44. The highest BCUT2D eigenvalue weighted by atomic mass is 16.6. The van der Waals surface area contributed by atoms with Gasteiger partial charge in [0, 0.05) is 12.0 Å². The van der Waals surface area contributed by atoms with Crippen molar-refractivity contribution in [1.82, 2.24) is 5.32 Å². The van der Waals surface area contributed by atoms with Gasteiger partial charge in [0.15, 0.2) is 5.78 Å². The fraction of sp³-hybridized carbons (Fsp3) is 0.429. The van der Waals surface area contributed by atoms with Gasteiger partial charge in [0.05, 0.1) is 6.04 Å². The van der Waals surface area contributed by atoms with Crippen molar-refractivity contribution in [2.75, 3.05) is 0 Å². The molecule has 0 bridgehead atoms. The number of nitrogens with one attached hydrogen (secondary N) is 1. The van der Waals surface area contributed by atoms with Crippen LogP contribution < -0.4 is 5.32 Å². The molecule has 2 rings (SSSR count). The third-order valence-electron chi connectivity index (χ3n) is 2.71. The average molecular weight is 247 g/mol. The van der Waals surface area contributed by atoms with E-state index in [-0.39, 0.29) is 5.78 Å². The third-order valence-corrected chi connectivity index (χ3v) is 2.71. The highest BCUT2D eigenvalue weighted by Gasteiger charge is 2.32. The van der Waals surface area contributed by atoms with Gasteiger partial charge in [-0.1, -0.05) is 24.3 Å². The SMILES string of the molecule is CC(C)(C)OC(=O)NC1Cc2ccccc2C1=O. The van der Waals surface area contributed by atoms with E-state index >= 15 is 0 Å². The molecule has 96 valence electrons. The smallest absolute Gasteiger partial charge is 0.408 e. The molecule has 1 N–H and O–H groups in total. The van der Waals surface area contributed by atoms with Crippen LogP contribution in [-0.2, 0) is 11.2 Å². The molecule has 1 aliphatic carbocycles. The zero-order valence-electron chi connectivity index (χ0n) is 10.8. The molecular weight excluding hydrogens is 230 g/mol. The normalized spacial score (nSPS) is 18.4. The number of ketones is 1. The summed E-state index contributed by atoms with van der Waals surface area (Å²) in [5.74, 6) is -0.0449. The minimum atomic E-state index is -0.557. The van der Waals surface area contributed by atoms with Crippen LogP contribution in [0.15, 0.2) is 24.3 Å². The lowest BCUT2D eigenvalue weighted by Gasteiger charge is -2.21. The first-order valence-electron chi connectivity index (χ1n) is 5.98. The van der Waals surface area contributed by atoms with Crippen molar-refractivity contribution >= 4 is 11.9 Å². The monoisotopic (exact) mass is 247 g/mol. The Kier molecular flexibility index (Phi) is 3.11. The minimum absolute atomic E-state index is 0.0449. The van der Waals surface area contributed by atoms with Crippen LogP contribution in [0.3, 0.4) is 0 Å². The Bertz CT molecular complexity index is 488. The molecule has 0 saturated heterocycles. The number of fused-ring (bicyclic) bond motifs is 1. The van der Waals surface area contributed by atoms with E-state index in [1.165, 1.54) is 0 Å². The van der Waals surface area contributed by atoms with Crippen LogP contribution in [-0.4, -0.2) is 23.5 Å². The van der Waals surface area contributed by atoms with Crippen molar-refractivity contribution in [3.8, 4) is 0 Å². The molecule has 0 saturated carbocycles. The van der Waals surface area contributed by atoms with E-state index in [4.69, 9.17) is 4.74 Å². The zero-order valence-corrected chi connectivity index (χ0v) is 10.8. The van der Waals surface area contributed by atoms with Gasteiger partial charge in [0.25, 0.3) is 0 Å². The predicted octanol–water partition coefficient (Wildman–Crippen LogP) is 2.32. The van der Waals surface area contributed by atoms with Crippen LogP contribution in [0, 0.1) is 0 Å². The summed E-state index contributed by atoms with van der Waals surface area (Å²) in [5.41, 5.74) is 1.11. The van der Waals surface area contributed by atoms with Crippen LogP contribution >= 0.6 is 0 Å². The highest BCUT2D eigenvalue weighted by molar-refractivity contribution is 6.05. The number of hydrogen-bond acceptors (Lipinski definition) is 3. The maximum Gasteiger partial charge on any atom is 0.408 e. The van der Waals surface area contributed by atoms with Crippen molar-refractivity contribution in [2.45, 2.75) is 38.8 Å². The Morgan fingerprint density at radius 1 is 1.33 bits per heavy atom. The lowest BCUT2D eigenvalue weighted by atomic mass is 10.1. The largest absolute Gasteiger partial charge is 0.444 e. The van der Waals surface area contributed by atoms with E-state index < -0.39 is 17.7 Å². The van der Waals surface area contributed by atoms with Crippen molar-refractivity contribution in [3.63, 3.8) is 0 Å². The fourth-order valence-electron chi connectivity index (χ4n) is 2.01. The summed E-state index contributed by atoms with van der Waals surface area (Å²) < 4.78 is 5.14. The summed E-state index contributed by atoms with van der Waals surface area (Å²) in [5, 5.41) is 2.62. The maximum atomic E-state index is 12.0. The molecule has 1 aliphatic rings. The van der Waals surface area contributed by atoms with E-state index in [0.717, 1.165) is 5.56 Å². The molecule has 1 atom stereocenters. The van der Waals surface area contributed by atoms with E-state index in [1.807, 2.05) is 18.2 Å². The van der Waals surface area contributed by atoms with E-state index in [1.54, 1.807) is 26.8 Å². The first kappa shape index (κ1) is 12.6. The average Bonchev–Trinajstić information content (AvgIpc) is 2.54. The van der Waals surface area contributed by atoms with E-state index in [0.29, 0.717) is 12.0 Å². The van der Waals surface area contributed by atoms with Gasteiger partial charge in [-0.15, -0.1) is 0 Å². The van der Waals surface area contributed by atoms with Gasteiger partial charge in [0.2, 0.25) is 0 Å². The number of alkyl carbamates (subject to hydrolysis) is 1. The molecule has 0 aliphatic heterocycles. The molecule has 0 aromatic heterocycles. The first-order chi connectivity index (χ1) is 8.37. The Morgan fingerprint density at radius 3 is 2.61 bits per heavy atom. The van der Waals surface area contributed by atoms with Gasteiger partial charge < -0.3 is 10.1 Å². The van der Waals surface area contributed by atoms with Gasteiger partial charge >= 0.3 is 6.09 Å². The molecule has 0 spiro atoms. The number of carbonyl (C=O) groups is 2. The summed E-state index contributed by atoms with van der Waals surface area (Å²) in [4.78, 5) is 23.7. The molecule has 1 aromatic rings. The van der Waals surface area contributed by atoms with Gasteiger partial charge in [-0.05, 0) is 26.3 Å². The number of hydrogen-bond donors (Lipinski definition) is 1. The predicted molar refractivity (Wildman–Crippen MR) is 67.6 cm³/mol. The number of amides is 1. The molecule has 0 fully saturated rings. The first-order valence-corrected chi connectivity index (χ1v) is 5.98. The molecule has 4 nitrogen and oxygen atoms in total. The fourth-order valence-corrected chi connectivity index (χ4v) is 2.01. The van der Waals surface area contributed by atoms with Crippen molar-refractivity contribution < 1.29 is 14.3 Å². The van der Waals surface area contributed by atoms with Crippen molar-refractivity contribution in [2.24, 2.45) is 0 Å². The van der Waals surface area contributed by atoms with Crippen LogP contribution in [0.5, 0.6) is 0 Å². The zero-order chi connectivity index (χ0) is 13.3. The summed E-state index contributed by atoms with van der Waals surface area (Å²) >= 11 is 0. The van der Waals surface area contributed by atoms with Gasteiger partial charge in [-0.25, -0.2) is 4.79 Å². The number of Topliss-reactive ketones (excluding diaryl/α,β-unsaturated/α-hetero) is 1. The summed E-state index contributed by atoms with van der Waals surface area (Å²) in [6, 6.07) is 6.91. The van der Waals surface area contributed by atoms with Gasteiger partial charge in [-0.3, -0.25) is 4.79 Å². The van der Waals surface area contributed by atoms with Gasteiger partial charge in [-0.2, -0.15) is 0 Å². The Morgan fingerprint density at radius 2 is 2.00 bits per heavy atom. The summed E-state index contributed by atoms with van der Waals surface area (Å²) in [7, 11) is 0. The summed E-state index contributed by atoms with van der Waals surface area (Å²) in [6.45, 7) is 5.37. The number of rotatable bonds is 1. The number of carbonyl (C=O) groups excluding carboxylic acids is 2. The maximum absolute atomic E-state index is 12.0. The van der Waals surface area contributed by atoms with E-state index in [9.17, 15) is 9.59 Å². The second-order valence-corrected chi connectivity index (χ2v) is 5.42. The Balaban J connectivity index is 2.02. The lowest BCUT2D eigenvalue weighted by Crippen LogP contribution is -2.42. The van der Waals surface area contributed by atoms with Crippen LogP contribution in [0.25, 0.3) is 0 Å². The van der Waals surface area contributed by atoms with Gasteiger partial charge in [0.1, 0.15) is 5.60 Å². The third kappa shape index (κ3) is 2.70. The minimum Gasteiger partial charge on any atom is -0.444 e. The number of benzene rings is 1. The van der Waals surface area contributed by atoms with E-state index in [2.05, 4.69) is 5.32 Å². The topological polar surface area (TPSA) is 55.4 Å². The van der Waals surface area contributed by atoms with Crippen molar-refractivity contribution in [1.29, 1.82) is 0 Å². The van der Waals surface area contributed by atoms with Crippen LogP contribution in [0.1, 0.15) is 36.7 Å². The summed E-state index contributed by atoms with van der Waals surface area (Å²) in [6.07, 6.45) is -0.0116. The standard InChI is InChI=1S/C14H17NO3/c1-14(2,3)18-13(17)15-11-8-9-6-4-5-7-10(9)12(11)16/h4-7,11H,8H2,1-3H3,(H,15,17). The molecule has 1 aromatic carbocycles. The Labute approximate surface area is 106 Å². The Hall–Kier alpha value is -1.84. The lowest BCUT2D eigenvalue weighted by molar-refractivity contribution is 0.0495. The molecule has 0 radical (unpaired) electrons. The molecule has 0 heterocycles. The molecule has 4 heteroatoms. The molecular formula is C14H17NO3. The quantitative estimate of drug-likeness (QED) is 0.828. The van der Waals surface area contributed by atoms with Crippen molar-refractivity contribution in [3.05, 3.63) is 35.4 Å². The van der Waals surface area contributed by atoms with Crippen LogP contribution in [0.4, 0.5) is 4.79 Å². The number of ether oxygens (including phenoxy) is 1. The second-order valence-electron chi connectivity index (χ2n) is 5.42. The van der Waals surface area contributed by atoms with Crippen LogP contribution in [0.2, 0.25) is 0 Å². The molecule has 1 unspecified atom stereocenters. The molecule has 1 amide bonds.